The van der Waals surface area contributed by atoms with Crippen molar-refractivity contribution in [1.82, 2.24) is 9.88 Å². The molecule has 3 heterocycles. The fourth-order valence-corrected chi connectivity index (χ4v) is 6.77. The Balaban J connectivity index is 1.40. The Labute approximate surface area is 288 Å². The summed E-state index contributed by atoms with van der Waals surface area (Å²) in [5.41, 5.74) is 0.160. The summed E-state index contributed by atoms with van der Waals surface area (Å²) < 4.78 is 48.0. The summed E-state index contributed by atoms with van der Waals surface area (Å²) in [6.45, 7) is 6.40. The van der Waals surface area contributed by atoms with Crippen molar-refractivity contribution < 1.29 is 32.7 Å². The predicted octanol–water partition coefficient (Wildman–Crippen LogP) is 5.84. The molecule has 0 saturated carbocycles. The predicted molar refractivity (Wildman–Crippen MR) is 185 cm³/mol. The highest BCUT2D eigenvalue weighted by Crippen LogP contribution is 2.49. The number of aromatic nitrogens is 1. The number of fused-ring (bicyclic) bond motifs is 1. The van der Waals surface area contributed by atoms with Crippen LogP contribution in [0.15, 0.2) is 60.8 Å². The molecule has 262 valence electrons. The van der Waals surface area contributed by atoms with Crippen LogP contribution in [0, 0.1) is 21.7 Å². The van der Waals surface area contributed by atoms with Gasteiger partial charge < -0.3 is 39.0 Å². The van der Waals surface area contributed by atoms with E-state index in [1.807, 2.05) is 6.07 Å². The third-order valence-corrected chi connectivity index (χ3v) is 9.52. The minimum Gasteiger partial charge on any atom is -0.497 e. The van der Waals surface area contributed by atoms with E-state index in [2.05, 4.69) is 27.0 Å². The Morgan fingerprint density at radius 3 is 2.22 bits per heavy atom. The number of rotatable bonds is 12. The summed E-state index contributed by atoms with van der Waals surface area (Å²) in [5.74, 6) is -1.78. The number of hydrogen-bond donors (Lipinski definition) is 1. The maximum absolute atomic E-state index is 16.1. The lowest BCUT2D eigenvalue weighted by atomic mass is 9.85. The van der Waals surface area contributed by atoms with Gasteiger partial charge in [0.1, 0.15) is 22.8 Å². The molecule has 0 spiro atoms. The summed E-state index contributed by atoms with van der Waals surface area (Å²) in [5, 5.41) is 15.3. The smallest absolute Gasteiger partial charge is 0.294 e. The highest BCUT2D eigenvalue weighted by molar-refractivity contribution is 5.83. The van der Waals surface area contributed by atoms with Gasteiger partial charge in [0.2, 0.25) is 0 Å². The van der Waals surface area contributed by atoms with Crippen LogP contribution >= 0.6 is 0 Å². The first-order chi connectivity index (χ1) is 24.2. The van der Waals surface area contributed by atoms with Crippen molar-refractivity contribution in [2.24, 2.45) is 0 Å². The first kappa shape index (κ1) is 34.4. The SMILES string of the molecule is CCN1CCN(c2ccc(Nc3cc4c(cn3)N(Cc3ccc(OC)cc3)C(C=O)(c3c(F)c(OC)cc(OC)c3F)C4)c([N+](=O)[O-])c2)CC1. The highest BCUT2D eigenvalue weighted by atomic mass is 19.1. The van der Waals surface area contributed by atoms with E-state index in [1.165, 1.54) is 20.4 Å². The fraction of sp³-hybridized carbons (Fsp3) is 0.333. The lowest BCUT2D eigenvalue weighted by molar-refractivity contribution is -0.383. The van der Waals surface area contributed by atoms with Crippen LogP contribution in [0.5, 0.6) is 17.2 Å². The third kappa shape index (κ3) is 6.22. The van der Waals surface area contributed by atoms with E-state index in [0.29, 0.717) is 23.3 Å². The van der Waals surface area contributed by atoms with Gasteiger partial charge in [0.15, 0.2) is 29.4 Å². The van der Waals surface area contributed by atoms with Crippen LogP contribution in [0.1, 0.15) is 23.6 Å². The molecule has 6 rings (SSSR count). The monoisotopic (exact) mass is 688 g/mol. The molecule has 14 heteroatoms. The number of aldehydes is 1. The highest BCUT2D eigenvalue weighted by Gasteiger charge is 2.50. The van der Waals surface area contributed by atoms with Crippen molar-refractivity contribution in [1.29, 1.82) is 0 Å². The van der Waals surface area contributed by atoms with Crippen LogP contribution in [0.25, 0.3) is 0 Å². The summed E-state index contributed by atoms with van der Waals surface area (Å²) in [6, 6.07) is 14.8. The maximum atomic E-state index is 16.1. The number of hydrogen-bond acceptors (Lipinski definition) is 11. The van der Waals surface area contributed by atoms with Crippen molar-refractivity contribution in [3.63, 3.8) is 0 Å². The number of likely N-dealkylation sites (N-methyl/N-ethyl adjacent to an activating group) is 1. The van der Waals surface area contributed by atoms with Crippen LogP contribution in [-0.2, 0) is 23.3 Å². The van der Waals surface area contributed by atoms with Crippen molar-refractivity contribution in [3.8, 4) is 17.2 Å². The topological polar surface area (TPSA) is 123 Å². The number of pyridine rings is 1. The van der Waals surface area contributed by atoms with E-state index in [1.54, 1.807) is 54.5 Å². The van der Waals surface area contributed by atoms with Gasteiger partial charge in [0.25, 0.3) is 5.69 Å². The number of methoxy groups -OCH3 is 3. The molecule has 0 aliphatic carbocycles. The first-order valence-electron chi connectivity index (χ1n) is 16.1. The largest absolute Gasteiger partial charge is 0.497 e. The molecular weight excluding hydrogens is 650 g/mol. The maximum Gasteiger partial charge on any atom is 0.294 e. The average molecular weight is 689 g/mol. The summed E-state index contributed by atoms with van der Waals surface area (Å²) >= 11 is 0. The van der Waals surface area contributed by atoms with Gasteiger partial charge in [-0.1, -0.05) is 19.1 Å². The second-order valence-corrected chi connectivity index (χ2v) is 12.1. The molecule has 1 fully saturated rings. The van der Waals surface area contributed by atoms with Crippen LogP contribution in [0.4, 0.5) is 37.3 Å². The van der Waals surface area contributed by atoms with Gasteiger partial charge >= 0.3 is 0 Å². The average Bonchev–Trinajstić information content (AvgIpc) is 3.44. The summed E-state index contributed by atoms with van der Waals surface area (Å²) in [6.07, 6.45) is 1.87. The number of ether oxygens (including phenoxy) is 3. The van der Waals surface area contributed by atoms with Gasteiger partial charge in [-0.2, -0.15) is 0 Å². The first-order valence-corrected chi connectivity index (χ1v) is 16.1. The van der Waals surface area contributed by atoms with E-state index in [0.717, 1.165) is 50.0 Å². The van der Waals surface area contributed by atoms with Gasteiger partial charge in [-0.15, -0.1) is 0 Å². The molecule has 0 bridgehead atoms. The lowest BCUT2D eigenvalue weighted by Gasteiger charge is -2.37. The van der Waals surface area contributed by atoms with Gasteiger partial charge in [0.05, 0.1) is 43.7 Å². The van der Waals surface area contributed by atoms with Gasteiger partial charge in [-0.3, -0.25) is 10.1 Å². The van der Waals surface area contributed by atoms with Crippen LogP contribution in [0.2, 0.25) is 0 Å². The molecule has 1 unspecified atom stereocenters. The van der Waals surface area contributed by atoms with E-state index in [9.17, 15) is 14.9 Å². The molecule has 3 aromatic carbocycles. The number of nitro groups is 1. The van der Waals surface area contributed by atoms with Crippen LogP contribution in [0.3, 0.4) is 0 Å². The standard InChI is InChI=1S/C36H38F2N6O6/c1-5-41-12-14-42(15-13-41)25-8-11-27(28(17-25)44(46)47)40-32-16-24-19-36(22-45,33-34(37)30(49-3)18-31(50-4)35(33)38)43(29(24)20-39-32)21-23-6-9-26(48-2)10-7-23/h6-11,16-18,20,22H,5,12-15,19,21H2,1-4H3,(H,39,40). The van der Waals surface area contributed by atoms with E-state index >= 15 is 8.78 Å². The van der Waals surface area contributed by atoms with Crippen molar-refractivity contribution >= 4 is 34.9 Å². The molecule has 12 nitrogen and oxygen atoms in total. The van der Waals surface area contributed by atoms with Crippen molar-refractivity contribution in [2.45, 2.75) is 25.4 Å². The normalized spacial score (nSPS) is 17.3. The zero-order valence-electron chi connectivity index (χ0n) is 28.2. The number of carbonyl (C=O) groups is 1. The fourth-order valence-electron chi connectivity index (χ4n) is 6.77. The minimum absolute atomic E-state index is 0.0715. The molecule has 2 aliphatic heterocycles. The zero-order valence-corrected chi connectivity index (χ0v) is 28.2. The molecule has 0 radical (unpaired) electrons. The lowest BCUT2D eigenvalue weighted by Crippen LogP contribution is -2.46. The Bertz CT molecular complexity index is 1880. The van der Waals surface area contributed by atoms with Crippen molar-refractivity contribution in [2.75, 3.05) is 69.2 Å². The van der Waals surface area contributed by atoms with Crippen LogP contribution < -0.4 is 29.3 Å². The zero-order chi connectivity index (χ0) is 35.6. The molecule has 1 N–H and O–H groups in total. The van der Waals surface area contributed by atoms with Gasteiger partial charge in [-0.05, 0) is 48.0 Å². The number of piperazine rings is 1. The van der Waals surface area contributed by atoms with E-state index < -0.39 is 27.7 Å². The number of anilines is 4. The van der Waals surface area contributed by atoms with Crippen molar-refractivity contribution in [3.05, 3.63) is 99.2 Å². The quantitative estimate of drug-likeness (QED) is 0.110. The molecule has 4 aromatic rings. The number of benzene rings is 3. The van der Waals surface area contributed by atoms with E-state index in [4.69, 9.17) is 14.2 Å². The second kappa shape index (κ2) is 14.2. The number of carbonyl (C=O) groups excluding carboxylic acids is 1. The number of halogens is 2. The summed E-state index contributed by atoms with van der Waals surface area (Å²) in [4.78, 5) is 35.7. The molecular formula is C36H38F2N6O6. The van der Waals surface area contributed by atoms with E-state index in [-0.39, 0.29) is 41.7 Å². The van der Waals surface area contributed by atoms with Crippen LogP contribution in [-0.4, -0.2) is 75.1 Å². The minimum atomic E-state index is -1.88. The number of nitro benzene ring substituents is 1. The van der Waals surface area contributed by atoms with Gasteiger partial charge in [-0.25, -0.2) is 13.8 Å². The molecule has 2 aliphatic rings. The third-order valence-electron chi connectivity index (χ3n) is 9.52. The second-order valence-electron chi connectivity index (χ2n) is 12.1. The molecule has 0 amide bonds. The number of nitrogens with zero attached hydrogens (tertiary/aromatic N) is 5. The Morgan fingerprint density at radius 2 is 1.64 bits per heavy atom. The molecule has 50 heavy (non-hydrogen) atoms. The molecule has 1 atom stereocenters. The number of nitrogens with one attached hydrogen (secondary N) is 1. The summed E-state index contributed by atoms with van der Waals surface area (Å²) in [7, 11) is 4.02. The Kier molecular flexibility index (Phi) is 9.73. The molecule has 1 saturated heterocycles. The Hall–Kier alpha value is -5.50. The van der Waals surface area contributed by atoms with Gasteiger partial charge in [0, 0.05) is 57.0 Å². The molecule has 1 aromatic heterocycles. The Morgan fingerprint density at radius 1 is 0.960 bits per heavy atom.